The fourth-order valence-electron chi connectivity index (χ4n) is 0.967. The van der Waals surface area contributed by atoms with Gasteiger partial charge in [0.1, 0.15) is 0 Å². The van der Waals surface area contributed by atoms with Gasteiger partial charge in [-0.15, -0.1) is 0 Å². The summed E-state index contributed by atoms with van der Waals surface area (Å²) in [6, 6.07) is 3.31. The first-order chi connectivity index (χ1) is 8.71. The van der Waals surface area contributed by atoms with Crippen molar-refractivity contribution in [1.82, 2.24) is 5.43 Å². The van der Waals surface area contributed by atoms with E-state index in [2.05, 4.69) is 5.10 Å². The number of nitrogens with zero attached hydrogens (tertiary/aromatic N) is 2. The number of hydrogen-bond acceptors (Lipinski definition) is 4. The van der Waals surface area contributed by atoms with E-state index in [1.165, 1.54) is 11.5 Å². The van der Waals surface area contributed by atoms with E-state index in [-0.39, 0.29) is 16.3 Å². The zero-order valence-electron chi connectivity index (χ0n) is 8.94. The number of carbonyl (C=O) groups is 1. The normalized spacial score (nSPS) is 11.6. The van der Waals surface area contributed by atoms with Crippen LogP contribution in [0.4, 0.5) is 18.9 Å². The molecule has 0 saturated heterocycles. The van der Waals surface area contributed by atoms with Crippen molar-refractivity contribution in [1.29, 1.82) is 0 Å². The quantitative estimate of drug-likeness (QED) is 0.527. The van der Waals surface area contributed by atoms with Gasteiger partial charge in [-0.2, -0.15) is 18.3 Å². The number of rotatable bonds is 3. The fraction of sp³-hybridized carbons (Fsp3) is 0.111. The molecule has 19 heavy (non-hydrogen) atoms. The van der Waals surface area contributed by atoms with Gasteiger partial charge < -0.3 is 0 Å². The maximum atomic E-state index is 11.8. The van der Waals surface area contributed by atoms with Gasteiger partial charge in [-0.25, -0.2) is 5.43 Å². The fourth-order valence-corrected chi connectivity index (χ4v) is 1.13. The van der Waals surface area contributed by atoms with Crippen molar-refractivity contribution in [3.05, 3.63) is 38.9 Å². The number of alkyl halides is 3. The van der Waals surface area contributed by atoms with Crippen molar-refractivity contribution >= 4 is 29.4 Å². The van der Waals surface area contributed by atoms with E-state index in [1.807, 2.05) is 0 Å². The zero-order valence-corrected chi connectivity index (χ0v) is 9.70. The number of hydrazone groups is 1. The SMILES string of the molecule is O=C(NN=Cc1cc([N+](=O)[O-])ccc1Cl)C(F)(F)F. The van der Waals surface area contributed by atoms with Crippen LogP contribution in [-0.2, 0) is 4.79 Å². The first-order valence-electron chi connectivity index (χ1n) is 4.56. The number of non-ortho nitro benzene ring substituents is 1. The van der Waals surface area contributed by atoms with Crippen molar-refractivity contribution in [2.24, 2.45) is 5.10 Å². The van der Waals surface area contributed by atoms with Crippen molar-refractivity contribution in [3.63, 3.8) is 0 Å². The highest BCUT2D eigenvalue weighted by atomic mass is 35.5. The number of hydrogen-bond donors (Lipinski definition) is 1. The second-order valence-electron chi connectivity index (χ2n) is 3.16. The molecule has 0 aliphatic carbocycles. The van der Waals surface area contributed by atoms with Gasteiger partial charge in [0.25, 0.3) is 5.69 Å². The molecule has 1 aromatic carbocycles. The second-order valence-corrected chi connectivity index (χ2v) is 3.57. The van der Waals surface area contributed by atoms with Gasteiger partial charge in [-0.1, -0.05) is 11.6 Å². The van der Waals surface area contributed by atoms with Crippen LogP contribution in [-0.4, -0.2) is 23.2 Å². The molecular weight excluding hydrogens is 291 g/mol. The van der Waals surface area contributed by atoms with E-state index < -0.39 is 17.0 Å². The van der Waals surface area contributed by atoms with Crippen LogP contribution in [0.3, 0.4) is 0 Å². The summed E-state index contributed by atoms with van der Waals surface area (Å²) >= 11 is 5.66. The molecule has 10 heteroatoms. The van der Waals surface area contributed by atoms with Crippen LogP contribution in [0.15, 0.2) is 23.3 Å². The van der Waals surface area contributed by atoms with Gasteiger partial charge in [-0.3, -0.25) is 14.9 Å². The summed E-state index contributed by atoms with van der Waals surface area (Å²) in [7, 11) is 0. The Morgan fingerprint density at radius 1 is 1.47 bits per heavy atom. The number of nitro benzene ring substituents is 1. The lowest BCUT2D eigenvalue weighted by Gasteiger charge is -2.03. The van der Waals surface area contributed by atoms with Gasteiger partial charge in [0, 0.05) is 22.7 Å². The Balaban J connectivity index is 2.85. The topological polar surface area (TPSA) is 84.6 Å². The number of amides is 1. The third-order valence-corrected chi connectivity index (χ3v) is 2.16. The van der Waals surface area contributed by atoms with E-state index in [4.69, 9.17) is 11.6 Å². The molecule has 102 valence electrons. The highest BCUT2D eigenvalue weighted by Crippen LogP contribution is 2.20. The van der Waals surface area contributed by atoms with E-state index in [0.717, 1.165) is 18.3 Å². The highest BCUT2D eigenvalue weighted by Gasteiger charge is 2.38. The molecule has 1 rings (SSSR count). The Morgan fingerprint density at radius 2 is 2.11 bits per heavy atom. The minimum Gasteiger partial charge on any atom is -0.263 e. The monoisotopic (exact) mass is 295 g/mol. The summed E-state index contributed by atoms with van der Waals surface area (Å²) in [6.45, 7) is 0. The van der Waals surface area contributed by atoms with E-state index in [0.29, 0.717) is 0 Å². The maximum Gasteiger partial charge on any atom is 0.473 e. The predicted octanol–water partition coefficient (Wildman–Crippen LogP) is 2.26. The molecule has 0 radical (unpaired) electrons. The second kappa shape index (κ2) is 5.65. The molecule has 0 aliphatic rings. The molecule has 0 aromatic heterocycles. The summed E-state index contributed by atoms with van der Waals surface area (Å²) in [5, 5.41) is 13.5. The van der Waals surface area contributed by atoms with Crippen molar-refractivity contribution in [2.75, 3.05) is 0 Å². The van der Waals surface area contributed by atoms with E-state index in [9.17, 15) is 28.1 Å². The van der Waals surface area contributed by atoms with Crippen LogP contribution in [0.5, 0.6) is 0 Å². The average Bonchev–Trinajstić information content (AvgIpc) is 2.29. The van der Waals surface area contributed by atoms with Crippen molar-refractivity contribution in [3.8, 4) is 0 Å². The molecule has 0 unspecified atom stereocenters. The summed E-state index contributed by atoms with van der Waals surface area (Å²) in [5.41, 5.74) is 0.910. The van der Waals surface area contributed by atoms with Crippen LogP contribution in [0.2, 0.25) is 5.02 Å². The number of carbonyl (C=O) groups excluding carboxylic acids is 1. The average molecular weight is 296 g/mol. The van der Waals surface area contributed by atoms with Gasteiger partial charge in [-0.05, 0) is 6.07 Å². The summed E-state index contributed by atoms with van der Waals surface area (Å²) < 4.78 is 35.5. The lowest BCUT2D eigenvalue weighted by Crippen LogP contribution is -2.33. The molecule has 0 bridgehead atoms. The Labute approximate surface area is 109 Å². The largest absolute Gasteiger partial charge is 0.473 e. The van der Waals surface area contributed by atoms with Crippen LogP contribution >= 0.6 is 11.6 Å². The molecule has 1 amide bonds. The molecule has 0 saturated carbocycles. The smallest absolute Gasteiger partial charge is 0.263 e. The highest BCUT2D eigenvalue weighted by molar-refractivity contribution is 6.33. The van der Waals surface area contributed by atoms with Crippen LogP contribution in [0.25, 0.3) is 0 Å². The minimum absolute atomic E-state index is 0.00154. The van der Waals surface area contributed by atoms with Crippen LogP contribution in [0.1, 0.15) is 5.56 Å². The number of halogens is 4. The molecule has 0 spiro atoms. The lowest BCUT2D eigenvalue weighted by molar-refractivity contribution is -0.384. The van der Waals surface area contributed by atoms with Crippen LogP contribution in [0, 0.1) is 10.1 Å². The number of nitrogens with one attached hydrogen (secondary N) is 1. The van der Waals surface area contributed by atoms with Gasteiger partial charge >= 0.3 is 12.1 Å². The van der Waals surface area contributed by atoms with E-state index in [1.54, 1.807) is 0 Å². The van der Waals surface area contributed by atoms with Gasteiger partial charge in [0.05, 0.1) is 11.1 Å². The molecule has 0 atom stereocenters. The Kier molecular flexibility index (Phi) is 4.43. The third kappa shape index (κ3) is 4.21. The van der Waals surface area contributed by atoms with Crippen molar-refractivity contribution < 1.29 is 22.9 Å². The molecular formula is C9H5ClF3N3O3. The summed E-state index contributed by atoms with van der Waals surface area (Å²) in [5.74, 6) is -2.26. The molecule has 0 aliphatic heterocycles. The van der Waals surface area contributed by atoms with Crippen LogP contribution < -0.4 is 5.43 Å². The summed E-state index contributed by atoms with van der Waals surface area (Å²) in [4.78, 5) is 20.2. The standard InChI is InChI=1S/C9H5ClF3N3O3/c10-7-2-1-6(16(18)19)3-5(7)4-14-15-8(17)9(11,12)13/h1-4H,(H,15,17). The third-order valence-electron chi connectivity index (χ3n) is 1.82. The molecule has 0 heterocycles. The Hall–Kier alpha value is -2.16. The first kappa shape index (κ1) is 14.9. The maximum absolute atomic E-state index is 11.8. The number of nitro groups is 1. The Morgan fingerprint density at radius 3 is 2.63 bits per heavy atom. The predicted molar refractivity (Wildman–Crippen MR) is 59.9 cm³/mol. The molecule has 0 fully saturated rings. The lowest BCUT2D eigenvalue weighted by atomic mass is 10.2. The van der Waals surface area contributed by atoms with Gasteiger partial charge in [0.2, 0.25) is 0 Å². The summed E-state index contributed by atoms with van der Waals surface area (Å²) in [6.07, 6.45) is -4.29. The minimum atomic E-state index is -5.07. The van der Waals surface area contributed by atoms with Gasteiger partial charge in [0.15, 0.2) is 0 Å². The van der Waals surface area contributed by atoms with Crippen molar-refractivity contribution in [2.45, 2.75) is 6.18 Å². The Bertz CT molecular complexity index is 545. The van der Waals surface area contributed by atoms with E-state index >= 15 is 0 Å². The molecule has 6 nitrogen and oxygen atoms in total. The number of benzene rings is 1. The zero-order chi connectivity index (χ0) is 14.6. The molecule has 1 aromatic rings. The molecule has 1 N–H and O–H groups in total. The first-order valence-corrected chi connectivity index (χ1v) is 4.94.